The van der Waals surface area contributed by atoms with E-state index >= 15 is 0 Å². The minimum atomic E-state index is -0.310. The maximum Gasteiger partial charge on any atom is 0.159 e. The van der Waals surface area contributed by atoms with Crippen molar-refractivity contribution in [2.24, 2.45) is 0 Å². The van der Waals surface area contributed by atoms with Gasteiger partial charge in [-0.25, -0.2) is 19.3 Å². The average Bonchev–Trinajstić information content (AvgIpc) is 2.75. The highest BCUT2D eigenvalue weighted by Crippen LogP contribution is 2.32. The lowest BCUT2D eigenvalue weighted by Crippen LogP contribution is -1.82. The van der Waals surface area contributed by atoms with E-state index in [-0.39, 0.29) is 11.0 Å². The van der Waals surface area contributed by atoms with Gasteiger partial charge >= 0.3 is 0 Å². The third-order valence-corrected chi connectivity index (χ3v) is 3.53. The minimum Gasteiger partial charge on any atom is -0.231 e. The molecule has 2 aromatic heterocycles. The molecule has 84 valence electrons. The van der Waals surface area contributed by atoms with E-state index in [9.17, 15) is 4.39 Å². The molecular weight excluding hydrogens is 261 g/mol. The van der Waals surface area contributed by atoms with Crippen molar-refractivity contribution in [3.8, 4) is 10.6 Å². The molecule has 0 unspecified atom stereocenters. The monoisotopic (exact) mass is 265 g/mol. The number of nitrogens with zero attached hydrogens (tertiary/aromatic N) is 3. The first kappa shape index (κ1) is 10.6. The van der Waals surface area contributed by atoms with Crippen LogP contribution in [-0.4, -0.2) is 15.0 Å². The summed E-state index contributed by atoms with van der Waals surface area (Å²) in [4.78, 5) is 12.8. The van der Waals surface area contributed by atoms with E-state index in [4.69, 9.17) is 11.6 Å². The van der Waals surface area contributed by atoms with Crippen LogP contribution in [-0.2, 0) is 0 Å². The standard InChI is InChI=1S/C11H5ClFN3S/c12-9-8-11(15-5-14-9)17-10(16-8)6-3-1-2-4-7(6)13/h1-5H. The summed E-state index contributed by atoms with van der Waals surface area (Å²) in [5, 5.41) is 0.842. The molecule has 0 bridgehead atoms. The Hall–Kier alpha value is -1.59. The Bertz CT molecular complexity index is 698. The highest BCUT2D eigenvalue weighted by Gasteiger charge is 2.13. The molecular formula is C11H5ClFN3S. The molecule has 17 heavy (non-hydrogen) atoms. The fourth-order valence-electron chi connectivity index (χ4n) is 1.48. The van der Waals surface area contributed by atoms with Crippen molar-refractivity contribution < 1.29 is 4.39 Å². The molecule has 0 aliphatic rings. The van der Waals surface area contributed by atoms with Crippen LogP contribution < -0.4 is 0 Å². The molecule has 0 fully saturated rings. The van der Waals surface area contributed by atoms with Crippen molar-refractivity contribution in [1.82, 2.24) is 15.0 Å². The molecule has 3 rings (SSSR count). The zero-order chi connectivity index (χ0) is 11.8. The van der Waals surface area contributed by atoms with E-state index in [0.29, 0.717) is 20.9 Å². The molecule has 2 heterocycles. The van der Waals surface area contributed by atoms with Gasteiger partial charge in [0.2, 0.25) is 0 Å². The number of rotatable bonds is 1. The Balaban J connectivity index is 2.26. The fraction of sp³-hybridized carbons (Fsp3) is 0. The molecule has 0 aliphatic carbocycles. The van der Waals surface area contributed by atoms with Gasteiger partial charge in [0.1, 0.15) is 27.5 Å². The van der Waals surface area contributed by atoms with Gasteiger partial charge in [-0.15, -0.1) is 0 Å². The Labute approximate surface area is 105 Å². The zero-order valence-corrected chi connectivity index (χ0v) is 9.96. The topological polar surface area (TPSA) is 38.7 Å². The van der Waals surface area contributed by atoms with Crippen LogP contribution in [0.15, 0.2) is 30.6 Å². The van der Waals surface area contributed by atoms with Gasteiger partial charge in [0, 0.05) is 5.56 Å². The molecule has 3 nitrogen and oxygen atoms in total. The SMILES string of the molecule is Fc1ccccc1-c1nc2c(Cl)ncnc2s1. The van der Waals surface area contributed by atoms with Crippen molar-refractivity contribution in [3.63, 3.8) is 0 Å². The summed E-state index contributed by atoms with van der Waals surface area (Å²) in [6.07, 6.45) is 1.37. The van der Waals surface area contributed by atoms with Crippen molar-refractivity contribution in [2.45, 2.75) is 0 Å². The van der Waals surface area contributed by atoms with Gasteiger partial charge in [0.15, 0.2) is 5.15 Å². The van der Waals surface area contributed by atoms with Gasteiger partial charge in [0.25, 0.3) is 0 Å². The highest BCUT2D eigenvalue weighted by molar-refractivity contribution is 7.21. The first-order chi connectivity index (χ1) is 8.25. The molecule has 0 saturated heterocycles. The molecule has 3 aromatic rings. The number of thiazole rings is 1. The zero-order valence-electron chi connectivity index (χ0n) is 8.39. The van der Waals surface area contributed by atoms with Crippen LogP contribution in [0.25, 0.3) is 20.9 Å². The number of hydrogen-bond donors (Lipinski definition) is 0. The lowest BCUT2D eigenvalue weighted by Gasteiger charge is -1.96. The second-order valence-electron chi connectivity index (χ2n) is 3.32. The van der Waals surface area contributed by atoms with Crippen LogP contribution in [0.2, 0.25) is 5.15 Å². The first-order valence-electron chi connectivity index (χ1n) is 4.77. The highest BCUT2D eigenvalue weighted by atomic mass is 35.5. The fourth-order valence-corrected chi connectivity index (χ4v) is 2.64. The first-order valence-corrected chi connectivity index (χ1v) is 5.97. The van der Waals surface area contributed by atoms with E-state index < -0.39 is 0 Å². The molecule has 0 radical (unpaired) electrons. The van der Waals surface area contributed by atoms with Gasteiger partial charge in [-0.1, -0.05) is 35.1 Å². The molecule has 0 aliphatic heterocycles. The largest absolute Gasteiger partial charge is 0.231 e. The van der Waals surface area contributed by atoms with Gasteiger partial charge in [-0.05, 0) is 12.1 Å². The van der Waals surface area contributed by atoms with E-state index in [2.05, 4.69) is 15.0 Å². The number of halogens is 2. The molecule has 0 spiro atoms. The molecule has 0 N–H and O–H groups in total. The Kier molecular flexibility index (Phi) is 2.49. The van der Waals surface area contributed by atoms with Gasteiger partial charge in [-0.3, -0.25) is 0 Å². The summed E-state index contributed by atoms with van der Waals surface area (Å²) in [7, 11) is 0. The van der Waals surface area contributed by atoms with Crippen molar-refractivity contribution in [2.75, 3.05) is 0 Å². The summed E-state index contributed by atoms with van der Waals surface area (Å²) in [5.74, 6) is -0.310. The summed E-state index contributed by atoms with van der Waals surface area (Å²) < 4.78 is 13.6. The number of aromatic nitrogens is 3. The van der Waals surface area contributed by atoms with Crippen molar-refractivity contribution in [1.29, 1.82) is 0 Å². The predicted molar refractivity (Wildman–Crippen MR) is 65.6 cm³/mol. The lowest BCUT2D eigenvalue weighted by atomic mass is 10.2. The van der Waals surface area contributed by atoms with Crippen LogP contribution in [0.5, 0.6) is 0 Å². The van der Waals surface area contributed by atoms with Gasteiger partial charge < -0.3 is 0 Å². The maximum absolute atomic E-state index is 13.6. The van der Waals surface area contributed by atoms with Crippen molar-refractivity contribution in [3.05, 3.63) is 41.6 Å². The van der Waals surface area contributed by atoms with E-state index in [1.54, 1.807) is 18.2 Å². The van der Waals surface area contributed by atoms with Crippen LogP contribution in [0.3, 0.4) is 0 Å². The second-order valence-corrected chi connectivity index (χ2v) is 4.65. The lowest BCUT2D eigenvalue weighted by molar-refractivity contribution is 0.631. The van der Waals surface area contributed by atoms with Crippen LogP contribution in [0.4, 0.5) is 4.39 Å². The van der Waals surface area contributed by atoms with E-state index in [1.807, 2.05) is 0 Å². The van der Waals surface area contributed by atoms with Crippen LogP contribution in [0.1, 0.15) is 0 Å². The number of benzene rings is 1. The molecule has 0 atom stereocenters. The number of hydrogen-bond acceptors (Lipinski definition) is 4. The van der Waals surface area contributed by atoms with Gasteiger partial charge in [-0.2, -0.15) is 0 Å². The average molecular weight is 266 g/mol. The summed E-state index contributed by atoms with van der Waals surface area (Å²) >= 11 is 7.19. The predicted octanol–water partition coefficient (Wildman–Crippen LogP) is 3.55. The van der Waals surface area contributed by atoms with Gasteiger partial charge in [0.05, 0.1) is 0 Å². The van der Waals surface area contributed by atoms with E-state index in [0.717, 1.165) is 0 Å². The van der Waals surface area contributed by atoms with Crippen LogP contribution in [0, 0.1) is 5.82 Å². The normalized spacial score (nSPS) is 10.9. The number of fused-ring (bicyclic) bond motifs is 1. The molecule has 0 saturated carbocycles. The summed E-state index contributed by atoms with van der Waals surface area (Å²) in [6, 6.07) is 6.47. The molecule has 0 amide bonds. The smallest absolute Gasteiger partial charge is 0.159 e. The molecule has 1 aromatic carbocycles. The maximum atomic E-state index is 13.6. The van der Waals surface area contributed by atoms with Crippen molar-refractivity contribution >= 4 is 33.3 Å². The van der Waals surface area contributed by atoms with E-state index in [1.165, 1.54) is 23.7 Å². The third-order valence-electron chi connectivity index (χ3n) is 2.26. The minimum absolute atomic E-state index is 0.286. The second kappa shape index (κ2) is 4.01. The Morgan fingerprint density at radius 3 is 2.76 bits per heavy atom. The summed E-state index contributed by atoms with van der Waals surface area (Å²) in [6.45, 7) is 0. The Morgan fingerprint density at radius 2 is 2.00 bits per heavy atom. The summed E-state index contributed by atoms with van der Waals surface area (Å²) in [5.41, 5.74) is 0.962. The Morgan fingerprint density at radius 1 is 1.18 bits per heavy atom. The third kappa shape index (κ3) is 1.77. The van der Waals surface area contributed by atoms with Crippen LogP contribution >= 0.6 is 22.9 Å². The molecule has 6 heteroatoms. The quantitative estimate of drug-likeness (QED) is 0.632.